The van der Waals surface area contributed by atoms with Crippen molar-refractivity contribution in [2.75, 3.05) is 6.16 Å². The standard InChI is InChI=1S/C13H29P/c1-7-12(5,8-2)11-14-13(6,9-3)10-4/h14H,7-11H2,1-6H3. The number of rotatable bonds is 7. The Morgan fingerprint density at radius 2 is 1.21 bits per heavy atom. The average Bonchev–Trinajstić information content (AvgIpc) is 2.25. The van der Waals surface area contributed by atoms with Gasteiger partial charge in [0.05, 0.1) is 0 Å². The Balaban J connectivity index is 4.14. The van der Waals surface area contributed by atoms with Gasteiger partial charge in [0.1, 0.15) is 0 Å². The Morgan fingerprint density at radius 3 is 1.50 bits per heavy atom. The van der Waals surface area contributed by atoms with Gasteiger partial charge in [-0.25, -0.2) is 0 Å². The van der Waals surface area contributed by atoms with E-state index in [1.807, 2.05) is 0 Å². The molecule has 0 fully saturated rings. The first-order valence-corrected chi connectivity index (χ1v) is 7.41. The summed E-state index contributed by atoms with van der Waals surface area (Å²) in [7, 11) is 1.14. The summed E-state index contributed by atoms with van der Waals surface area (Å²) in [4.78, 5) is 0. The van der Waals surface area contributed by atoms with Crippen LogP contribution in [0.25, 0.3) is 0 Å². The third-order valence-corrected chi connectivity index (χ3v) is 6.80. The zero-order valence-corrected chi connectivity index (χ0v) is 12.0. The first kappa shape index (κ1) is 14.4. The molecular weight excluding hydrogens is 187 g/mol. The molecule has 0 aromatic rings. The van der Waals surface area contributed by atoms with E-state index in [0.717, 1.165) is 8.58 Å². The largest absolute Gasteiger partial charge is 0.115 e. The average molecular weight is 216 g/mol. The van der Waals surface area contributed by atoms with E-state index in [2.05, 4.69) is 41.5 Å². The van der Waals surface area contributed by atoms with Gasteiger partial charge in [0.25, 0.3) is 0 Å². The highest BCUT2D eigenvalue weighted by atomic mass is 31.1. The highest BCUT2D eigenvalue weighted by Gasteiger charge is 2.25. The normalized spacial score (nSPS) is 14.1. The van der Waals surface area contributed by atoms with E-state index >= 15 is 0 Å². The van der Waals surface area contributed by atoms with Crippen LogP contribution in [0.1, 0.15) is 67.2 Å². The van der Waals surface area contributed by atoms with Crippen LogP contribution in [0.15, 0.2) is 0 Å². The van der Waals surface area contributed by atoms with E-state index in [1.165, 1.54) is 31.8 Å². The molecule has 0 spiro atoms. The maximum atomic E-state index is 2.46. The molecule has 0 aliphatic rings. The van der Waals surface area contributed by atoms with Crippen LogP contribution in [0.3, 0.4) is 0 Å². The summed E-state index contributed by atoms with van der Waals surface area (Å²) >= 11 is 0. The summed E-state index contributed by atoms with van der Waals surface area (Å²) < 4.78 is 0. The molecule has 1 unspecified atom stereocenters. The molecule has 0 radical (unpaired) electrons. The second-order valence-corrected chi connectivity index (χ2v) is 7.05. The molecule has 0 aliphatic heterocycles. The van der Waals surface area contributed by atoms with Crippen LogP contribution in [0.4, 0.5) is 0 Å². The molecule has 0 saturated carbocycles. The van der Waals surface area contributed by atoms with Crippen molar-refractivity contribution in [1.29, 1.82) is 0 Å². The summed E-state index contributed by atoms with van der Waals surface area (Å²) in [5, 5.41) is 0.617. The first-order valence-electron chi connectivity index (χ1n) is 6.20. The van der Waals surface area contributed by atoms with E-state index in [9.17, 15) is 0 Å². The summed E-state index contributed by atoms with van der Waals surface area (Å²) in [5.41, 5.74) is 0.601. The van der Waals surface area contributed by atoms with Crippen molar-refractivity contribution in [2.45, 2.75) is 72.4 Å². The Hall–Kier alpha value is 0.430. The van der Waals surface area contributed by atoms with Crippen molar-refractivity contribution in [3.63, 3.8) is 0 Å². The van der Waals surface area contributed by atoms with Gasteiger partial charge in [0.2, 0.25) is 0 Å². The Labute approximate surface area is 93.0 Å². The molecular formula is C13H29P. The Bertz CT molecular complexity index is 125. The fourth-order valence-corrected chi connectivity index (χ4v) is 3.28. The zero-order valence-electron chi connectivity index (χ0n) is 11.0. The fourth-order valence-electron chi connectivity index (χ4n) is 1.43. The summed E-state index contributed by atoms with van der Waals surface area (Å²) in [6.45, 7) is 14.3. The molecule has 0 nitrogen and oxygen atoms in total. The van der Waals surface area contributed by atoms with Crippen molar-refractivity contribution >= 4 is 8.58 Å². The van der Waals surface area contributed by atoms with Gasteiger partial charge < -0.3 is 0 Å². The van der Waals surface area contributed by atoms with E-state index in [0.29, 0.717) is 10.6 Å². The van der Waals surface area contributed by atoms with Gasteiger partial charge in [-0.1, -0.05) is 54.4 Å². The molecule has 0 rings (SSSR count). The molecule has 1 heteroatoms. The second-order valence-electron chi connectivity index (χ2n) is 5.14. The summed E-state index contributed by atoms with van der Waals surface area (Å²) in [5.74, 6) is 0. The van der Waals surface area contributed by atoms with Crippen LogP contribution >= 0.6 is 8.58 Å². The number of hydrogen-bond donors (Lipinski definition) is 0. The van der Waals surface area contributed by atoms with Crippen LogP contribution in [0, 0.1) is 5.41 Å². The minimum atomic E-state index is 0.601. The topological polar surface area (TPSA) is 0 Å². The second kappa shape index (κ2) is 6.11. The lowest BCUT2D eigenvalue weighted by atomic mass is 9.87. The predicted octanol–water partition coefficient (Wildman–Crippen LogP) is 5.07. The van der Waals surface area contributed by atoms with Crippen LogP contribution in [-0.4, -0.2) is 11.3 Å². The SMILES string of the molecule is CCC(C)(CC)CPC(C)(CC)CC. The third kappa shape index (κ3) is 4.30. The molecule has 1 atom stereocenters. The van der Waals surface area contributed by atoms with E-state index in [-0.39, 0.29) is 0 Å². The summed E-state index contributed by atoms with van der Waals surface area (Å²) in [6.07, 6.45) is 6.77. The zero-order chi connectivity index (χ0) is 11.2. The van der Waals surface area contributed by atoms with Crippen LogP contribution < -0.4 is 0 Å². The van der Waals surface area contributed by atoms with E-state index in [4.69, 9.17) is 0 Å². The van der Waals surface area contributed by atoms with Crippen LogP contribution in [0.5, 0.6) is 0 Å². The minimum absolute atomic E-state index is 0.601. The van der Waals surface area contributed by atoms with Gasteiger partial charge in [-0.05, 0) is 29.6 Å². The van der Waals surface area contributed by atoms with Crippen molar-refractivity contribution in [3.05, 3.63) is 0 Å². The molecule has 0 N–H and O–H groups in total. The molecule has 0 aliphatic carbocycles. The smallest absolute Gasteiger partial charge is 0.0155 e. The predicted molar refractivity (Wildman–Crippen MR) is 70.9 cm³/mol. The quantitative estimate of drug-likeness (QED) is 0.521. The maximum absolute atomic E-state index is 2.46. The third-order valence-electron chi connectivity index (χ3n) is 4.21. The van der Waals surface area contributed by atoms with Crippen molar-refractivity contribution < 1.29 is 0 Å². The molecule has 86 valence electrons. The maximum Gasteiger partial charge on any atom is -0.0155 e. The highest BCUT2D eigenvalue weighted by Crippen LogP contribution is 2.43. The van der Waals surface area contributed by atoms with Crippen LogP contribution in [-0.2, 0) is 0 Å². The monoisotopic (exact) mass is 216 g/mol. The van der Waals surface area contributed by atoms with Gasteiger partial charge in [-0.2, -0.15) is 0 Å². The van der Waals surface area contributed by atoms with Gasteiger partial charge in [0.15, 0.2) is 0 Å². The molecule has 0 aromatic heterocycles. The molecule has 0 aromatic carbocycles. The minimum Gasteiger partial charge on any atom is -0.115 e. The van der Waals surface area contributed by atoms with E-state index < -0.39 is 0 Å². The van der Waals surface area contributed by atoms with Crippen molar-refractivity contribution in [2.24, 2.45) is 5.41 Å². The molecule has 0 saturated heterocycles. The fraction of sp³-hybridized carbons (Fsp3) is 1.00. The lowest BCUT2D eigenvalue weighted by Gasteiger charge is -2.33. The van der Waals surface area contributed by atoms with Gasteiger partial charge in [0, 0.05) is 0 Å². The Morgan fingerprint density at radius 1 is 0.786 bits per heavy atom. The van der Waals surface area contributed by atoms with Crippen molar-refractivity contribution in [1.82, 2.24) is 0 Å². The molecule has 0 heterocycles. The lowest BCUT2D eigenvalue weighted by Crippen LogP contribution is -2.23. The highest BCUT2D eigenvalue weighted by molar-refractivity contribution is 7.40. The van der Waals surface area contributed by atoms with E-state index in [1.54, 1.807) is 0 Å². The lowest BCUT2D eigenvalue weighted by molar-refractivity contribution is 0.343. The summed E-state index contributed by atoms with van der Waals surface area (Å²) in [6, 6.07) is 0. The van der Waals surface area contributed by atoms with Crippen LogP contribution in [0.2, 0.25) is 0 Å². The Kier molecular flexibility index (Phi) is 6.30. The van der Waals surface area contributed by atoms with Crippen molar-refractivity contribution in [3.8, 4) is 0 Å². The van der Waals surface area contributed by atoms with Gasteiger partial charge in [-0.3, -0.25) is 0 Å². The van der Waals surface area contributed by atoms with Gasteiger partial charge in [-0.15, -0.1) is 8.58 Å². The molecule has 0 bridgehead atoms. The molecule has 0 amide bonds. The number of hydrogen-bond acceptors (Lipinski definition) is 0. The molecule has 14 heavy (non-hydrogen) atoms. The first-order chi connectivity index (χ1) is 6.45. The van der Waals surface area contributed by atoms with Gasteiger partial charge >= 0.3 is 0 Å².